The molecule has 2 aromatic rings. The van der Waals surface area contributed by atoms with E-state index in [-0.39, 0.29) is 6.61 Å². The maximum Gasteiger partial charge on any atom is 0.139 e. The van der Waals surface area contributed by atoms with Gasteiger partial charge in [-0.3, -0.25) is 0 Å². The monoisotopic (exact) mass is 174 g/mol. The van der Waals surface area contributed by atoms with E-state index in [1.807, 2.05) is 30.3 Å². The Morgan fingerprint density at radius 3 is 2.54 bits per heavy atom. The molecule has 0 bridgehead atoms. The van der Waals surface area contributed by atoms with Gasteiger partial charge in [0.15, 0.2) is 0 Å². The minimum atomic E-state index is 0.0146. The van der Waals surface area contributed by atoms with E-state index < -0.39 is 0 Å². The Kier molecular flexibility index (Phi) is 2.15. The average molecular weight is 174 g/mol. The van der Waals surface area contributed by atoms with Gasteiger partial charge >= 0.3 is 0 Å². The van der Waals surface area contributed by atoms with Crippen LogP contribution in [-0.2, 0) is 6.61 Å². The summed E-state index contributed by atoms with van der Waals surface area (Å²) in [6.07, 6.45) is 1.59. The summed E-state index contributed by atoms with van der Waals surface area (Å²) in [5.74, 6) is 0.753. The number of furan rings is 1. The molecule has 1 aromatic carbocycles. The van der Waals surface area contributed by atoms with Crippen molar-refractivity contribution in [1.82, 2.24) is 0 Å². The van der Waals surface area contributed by atoms with E-state index in [0.29, 0.717) is 0 Å². The first kappa shape index (κ1) is 8.08. The summed E-state index contributed by atoms with van der Waals surface area (Å²) >= 11 is 0. The maximum atomic E-state index is 9.01. The third-order valence-corrected chi connectivity index (χ3v) is 1.95. The van der Waals surface area contributed by atoms with Gasteiger partial charge in [-0.05, 0) is 6.07 Å². The van der Waals surface area contributed by atoms with Crippen molar-refractivity contribution in [3.63, 3.8) is 0 Å². The molecule has 0 aliphatic rings. The Bertz CT molecular complexity index is 376. The highest BCUT2D eigenvalue weighted by Crippen LogP contribution is 2.24. The topological polar surface area (TPSA) is 33.4 Å². The summed E-state index contributed by atoms with van der Waals surface area (Å²) in [6, 6.07) is 11.5. The predicted molar refractivity (Wildman–Crippen MR) is 50.1 cm³/mol. The van der Waals surface area contributed by atoms with Crippen LogP contribution >= 0.6 is 0 Å². The fourth-order valence-electron chi connectivity index (χ4n) is 1.30. The van der Waals surface area contributed by atoms with Crippen molar-refractivity contribution in [2.75, 3.05) is 0 Å². The van der Waals surface area contributed by atoms with Crippen LogP contribution in [0.5, 0.6) is 0 Å². The quantitative estimate of drug-likeness (QED) is 0.758. The number of aliphatic hydroxyl groups excluding tert-OH is 1. The molecule has 0 amide bonds. The summed E-state index contributed by atoms with van der Waals surface area (Å²) < 4.78 is 5.28. The van der Waals surface area contributed by atoms with E-state index in [1.54, 1.807) is 12.3 Å². The fourth-order valence-corrected chi connectivity index (χ4v) is 1.30. The van der Waals surface area contributed by atoms with E-state index in [1.165, 1.54) is 0 Å². The Labute approximate surface area is 76.4 Å². The highest BCUT2D eigenvalue weighted by Gasteiger charge is 2.06. The molecule has 2 rings (SSSR count). The standard InChI is InChI=1S/C11H10O2/c12-8-10-6-7-13-11(10)9-4-2-1-3-5-9/h1-7,12H,8H2. The van der Waals surface area contributed by atoms with Crippen molar-refractivity contribution in [3.05, 3.63) is 48.2 Å². The zero-order valence-corrected chi connectivity index (χ0v) is 7.10. The van der Waals surface area contributed by atoms with Crippen LogP contribution in [0.4, 0.5) is 0 Å². The van der Waals surface area contributed by atoms with Crippen LogP contribution < -0.4 is 0 Å². The van der Waals surface area contributed by atoms with Gasteiger partial charge in [-0.1, -0.05) is 30.3 Å². The van der Waals surface area contributed by atoms with Crippen molar-refractivity contribution in [3.8, 4) is 11.3 Å². The lowest BCUT2D eigenvalue weighted by Crippen LogP contribution is -1.82. The number of aliphatic hydroxyl groups is 1. The van der Waals surface area contributed by atoms with Gasteiger partial charge in [-0.15, -0.1) is 0 Å². The largest absolute Gasteiger partial charge is 0.464 e. The molecule has 1 N–H and O–H groups in total. The van der Waals surface area contributed by atoms with Crippen molar-refractivity contribution < 1.29 is 9.52 Å². The molecule has 1 heterocycles. The molecular formula is C11H10O2. The van der Waals surface area contributed by atoms with Crippen LogP contribution in [0.2, 0.25) is 0 Å². The summed E-state index contributed by atoms with van der Waals surface area (Å²) in [7, 11) is 0. The molecule has 0 aliphatic heterocycles. The SMILES string of the molecule is OCc1ccoc1-c1ccccc1. The van der Waals surface area contributed by atoms with Crippen molar-refractivity contribution in [2.45, 2.75) is 6.61 Å². The smallest absolute Gasteiger partial charge is 0.139 e. The second kappa shape index (κ2) is 3.46. The first-order chi connectivity index (χ1) is 6.42. The van der Waals surface area contributed by atoms with E-state index in [9.17, 15) is 0 Å². The number of hydrogen-bond donors (Lipinski definition) is 1. The average Bonchev–Trinajstić information content (AvgIpc) is 2.67. The van der Waals surface area contributed by atoms with Crippen LogP contribution in [0.15, 0.2) is 47.1 Å². The third kappa shape index (κ3) is 1.48. The van der Waals surface area contributed by atoms with Gasteiger partial charge in [0.1, 0.15) is 5.76 Å². The highest BCUT2D eigenvalue weighted by atomic mass is 16.3. The van der Waals surface area contributed by atoms with E-state index >= 15 is 0 Å². The van der Waals surface area contributed by atoms with Gasteiger partial charge in [0.05, 0.1) is 12.9 Å². The summed E-state index contributed by atoms with van der Waals surface area (Å²) in [5.41, 5.74) is 1.82. The summed E-state index contributed by atoms with van der Waals surface area (Å²) in [5, 5.41) is 9.01. The van der Waals surface area contributed by atoms with E-state index in [4.69, 9.17) is 9.52 Å². The fraction of sp³-hybridized carbons (Fsp3) is 0.0909. The Morgan fingerprint density at radius 1 is 1.08 bits per heavy atom. The minimum absolute atomic E-state index is 0.0146. The first-order valence-corrected chi connectivity index (χ1v) is 4.14. The molecule has 0 saturated carbocycles. The molecule has 0 radical (unpaired) electrons. The number of benzene rings is 1. The van der Waals surface area contributed by atoms with Crippen LogP contribution in [0.1, 0.15) is 5.56 Å². The van der Waals surface area contributed by atoms with Crippen LogP contribution in [0.3, 0.4) is 0 Å². The molecular weight excluding hydrogens is 164 g/mol. The van der Waals surface area contributed by atoms with Crippen LogP contribution in [-0.4, -0.2) is 5.11 Å². The maximum absolute atomic E-state index is 9.01. The molecule has 0 unspecified atom stereocenters. The Balaban J connectivity index is 2.47. The molecule has 0 spiro atoms. The van der Waals surface area contributed by atoms with Crippen molar-refractivity contribution in [1.29, 1.82) is 0 Å². The molecule has 0 atom stereocenters. The summed E-state index contributed by atoms with van der Waals surface area (Å²) in [4.78, 5) is 0. The number of hydrogen-bond acceptors (Lipinski definition) is 2. The van der Waals surface area contributed by atoms with Crippen LogP contribution in [0.25, 0.3) is 11.3 Å². The molecule has 13 heavy (non-hydrogen) atoms. The lowest BCUT2D eigenvalue weighted by molar-refractivity contribution is 0.281. The lowest BCUT2D eigenvalue weighted by Gasteiger charge is -1.98. The normalized spacial score (nSPS) is 10.2. The van der Waals surface area contributed by atoms with E-state index in [0.717, 1.165) is 16.9 Å². The van der Waals surface area contributed by atoms with E-state index in [2.05, 4.69) is 0 Å². The molecule has 2 heteroatoms. The third-order valence-electron chi connectivity index (χ3n) is 1.95. The predicted octanol–water partition coefficient (Wildman–Crippen LogP) is 2.44. The van der Waals surface area contributed by atoms with Crippen molar-refractivity contribution in [2.24, 2.45) is 0 Å². The minimum Gasteiger partial charge on any atom is -0.464 e. The summed E-state index contributed by atoms with van der Waals surface area (Å²) in [6.45, 7) is 0.0146. The second-order valence-electron chi connectivity index (χ2n) is 2.80. The Morgan fingerprint density at radius 2 is 1.85 bits per heavy atom. The zero-order chi connectivity index (χ0) is 9.10. The molecule has 0 saturated heterocycles. The Hall–Kier alpha value is -1.54. The van der Waals surface area contributed by atoms with Crippen LogP contribution in [0, 0.1) is 0 Å². The molecule has 66 valence electrons. The van der Waals surface area contributed by atoms with Gasteiger partial charge in [-0.25, -0.2) is 0 Å². The van der Waals surface area contributed by atoms with Gasteiger partial charge < -0.3 is 9.52 Å². The number of rotatable bonds is 2. The lowest BCUT2D eigenvalue weighted by atomic mass is 10.1. The molecule has 0 aliphatic carbocycles. The van der Waals surface area contributed by atoms with Gasteiger partial charge in [0.25, 0.3) is 0 Å². The molecule has 1 aromatic heterocycles. The van der Waals surface area contributed by atoms with Gasteiger partial charge in [0, 0.05) is 11.1 Å². The molecule has 0 fully saturated rings. The van der Waals surface area contributed by atoms with Gasteiger partial charge in [0.2, 0.25) is 0 Å². The van der Waals surface area contributed by atoms with Gasteiger partial charge in [-0.2, -0.15) is 0 Å². The highest BCUT2D eigenvalue weighted by molar-refractivity contribution is 5.60. The van der Waals surface area contributed by atoms with Crippen molar-refractivity contribution >= 4 is 0 Å². The molecule has 2 nitrogen and oxygen atoms in total. The first-order valence-electron chi connectivity index (χ1n) is 4.14. The second-order valence-corrected chi connectivity index (χ2v) is 2.80. The zero-order valence-electron chi connectivity index (χ0n) is 7.10.